The molecular weight excluding hydrogens is 276 g/mol. The van der Waals surface area contributed by atoms with E-state index >= 15 is 0 Å². The second kappa shape index (κ2) is 5.25. The van der Waals surface area contributed by atoms with Gasteiger partial charge in [-0.15, -0.1) is 0 Å². The fraction of sp³-hybridized carbons (Fsp3) is 0.412. The van der Waals surface area contributed by atoms with Crippen LogP contribution in [0.5, 0.6) is 0 Å². The van der Waals surface area contributed by atoms with Gasteiger partial charge in [0.2, 0.25) is 0 Å². The smallest absolute Gasteiger partial charge is 0.184 e. The first-order valence-electron chi connectivity index (χ1n) is 7.87. The van der Waals surface area contributed by atoms with Crippen LogP contribution < -0.4 is 4.90 Å². The molecule has 4 heterocycles. The van der Waals surface area contributed by atoms with Gasteiger partial charge in [0.25, 0.3) is 0 Å². The molecule has 2 aromatic rings. The van der Waals surface area contributed by atoms with E-state index in [9.17, 15) is 4.79 Å². The fourth-order valence-corrected chi connectivity index (χ4v) is 3.32. The molecule has 0 aromatic carbocycles. The van der Waals surface area contributed by atoms with E-state index in [-0.39, 0.29) is 5.78 Å². The summed E-state index contributed by atoms with van der Waals surface area (Å²) < 4.78 is 1.93. The van der Waals surface area contributed by atoms with Crippen LogP contribution in [0, 0.1) is 0 Å². The maximum atomic E-state index is 12.1. The molecule has 1 saturated heterocycles. The number of pyridine rings is 1. The van der Waals surface area contributed by atoms with Crippen LogP contribution in [-0.4, -0.2) is 53.5 Å². The zero-order chi connectivity index (χ0) is 15.1. The molecular formula is C17H20N4O. The van der Waals surface area contributed by atoms with Gasteiger partial charge < -0.3 is 9.80 Å². The first kappa shape index (κ1) is 13.5. The van der Waals surface area contributed by atoms with Gasteiger partial charge in [-0.05, 0) is 38.2 Å². The Labute approximate surface area is 130 Å². The molecule has 5 nitrogen and oxygen atoms in total. The highest BCUT2D eigenvalue weighted by Crippen LogP contribution is 2.26. The quantitative estimate of drug-likeness (QED) is 0.804. The molecule has 5 heteroatoms. The average Bonchev–Trinajstić information content (AvgIpc) is 2.92. The number of hydrogen-bond acceptors (Lipinski definition) is 4. The second-order valence-electron chi connectivity index (χ2n) is 6.16. The van der Waals surface area contributed by atoms with E-state index in [0.29, 0.717) is 6.42 Å². The van der Waals surface area contributed by atoms with Gasteiger partial charge in [0.1, 0.15) is 11.6 Å². The van der Waals surface area contributed by atoms with Gasteiger partial charge in [-0.1, -0.05) is 6.07 Å². The van der Waals surface area contributed by atoms with Gasteiger partial charge in [0.05, 0.1) is 5.69 Å². The highest BCUT2D eigenvalue weighted by molar-refractivity contribution is 5.98. The summed E-state index contributed by atoms with van der Waals surface area (Å²) in [6.07, 6.45) is 3.54. The Morgan fingerprint density at radius 2 is 2.00 bits per heavy atom. The number of carbonyl (C=O) groups excluding carboxylic acids is 1. The number of aromatic nitrogens is 2. The SMILES string of the molecule is CN1CCCN(c2ccc3c(n2)-n2cccc2C(=O)C3)CC1. The molecule has 114 valence electrons. The highest BCUT2D eigenvalue weighted by Gasteiger charge is 2.24. The van der Waals surface area contributed by atoms with Gasteiger partial charge in [-0.3, -0.25) is 9.36 Å². The van der Waals surface area contributed by atoms with Crippen LogP contribution in [0.25, 0.3) is 5.82 Å². The topological polar surface area (TPSA) is 41.4 Å². The summed E-state index contributed by atoms with van der Waals surface area (Å²) in [6.45, 7) is 4.23. The molecule has 4 rings (SSSR count). The lowest BCUT2D eigenvalue weighted by Crippen LogP contribution is -2.30. The Morgan fingerprint density at radius 1 is 1.09 bits per heavy atom. The summed E-state index contributed by atoms with van der Waals surface area (Å²) in [7, 11) is 2.17. The van der Waals surface area contributed by atoms with Gasteiger partial charge in [-0.2, -0.15) is 0 Å². The molecule has 0 bridgehead atoms. The van der Waals surface area contributed by atoms with Gasteiger partial charge in [-0.25, -0.2) is 4.98 Å². The largest absolute Gasteiger partial charge is 0.355 e. The Balaban J connectivity index is 1.71. The molecule has 0 aliphatic carbocycles. The van der Waals surface area contributed by atoms with Crippen molar-refractivity contribution in [2.24, 2.45) is 0 Å². The van der Waals surface area contributed by atoms with E-state index in [1.54, 1.807) is 0 Å². The van der Waals surface area contributed by atoms with Gasteiger partial charge in [0, 0.05) is 37.8 Å². The van der Waals surface area contributed by atoms with Crippen LogP contribution in [0.1, 0.15) is 22.5 Å². The molecule has 2 aliphatic rings. The molecule has 0 amide bonds. The monoisotopic (exact) mass is 296 g/mol. The number of carbonyl (C=O) groups is 1. The summed E-state index contributed by atoms with van der Waals surface area (Å²) in [4.78, 5) is 21.7. The molecule has 0 atom stereocenters. The third kappa shape index (κ3) is 2.22. The Morgan fingerprint density at radius 3 is 2.91 bits per heavy atom. The van der Waals surface area contributed by atoms with Crippen molar-refractivity contribution in [1.29, 1.82) is 0 Å². The van der Waals surface area contributed by atoms with Crippen LogP contribution in [-0.2, 0) is 6.42 Å². The minimum atomic E-state index is 0.170. The summed E-state index contributed by atoms with van der Waals surface area (Å²) in [5, 5.41) is 0. The van der Waals surface area contributed by atoms with Crippen LogP contribution in [0.2, 0.25) is 0 Å². The van der Waals surface area contributed by atoms with E-state index in [2.05, 4.69) is 29.0 Å². The predicted octanol–water partition coefficient (Wildman–Crippen LogP) is 1.75. The lowest BCUT2D eigenvalue weighted by atomic mass is 10.0. The molecule has 0 spiro atoms. The molecule has 0 saturated carbocycles. The summed E-state index contributed by atoms with van der Waals surface area (Å²) in [6, 6.07) is 7.91. The van der Waals surface area contributed by atoms with Crippen molar-refractivity contribution in [2.75, 3.05) is 38.1 Å². The van der Waals surface area contributed by atoms with Crippen molar-refractivity contribution in [3.63, 3.8) is 0 Å². The first-order chi connectivity index (χ1) is 10.7. The van der Waals surface area contributed by atoms with Crippen molar-refractivity contribution in [3.05, 3.63) is 41.7 Å². The molecule has 2 aliphatic heterocycles. The van der Waals surface area contributed by atoms with E-state index in [4.69, 9.17) is 4.98 Å². The number of rotatable bonds is 1. The minimum absolute atomic E-state index is 0.170. The van der Waals surface area contributed by atoms with Crippen LogP contribution >= 0.6 is 0 Å². The zero-order valence-corrected chi connectivity index (χ0v) is 12.8. The van der Waals surface area contributed by atoms with E-state index in [0.717, 1.165) is 55.5 Å². The first-order valence-corrected chi connectivity index (χ1v) is 7.87. The van der Waals surface area contributed by atoms with Crippen molar-refractivity contribution >= 4 is 11.6 Å². The van der Waals surface area contributed by atoms with E-state index < -0.39 is 0 Å². The van der Waals surface area contributed by atoms with Crippen molar-refractivity contribution in [1.82, 2.24) is 14.5 Å². The Kier molecular flexibility index (Phi) is 3.22. The van der Waals surface area contributed by atoms with Crippen molar-refractivity contribution < 1.29 is 4.79 Å². The number of fused-ring (bicyclic) bond motifs is 3. The fourth-order valence-electron chi connectivity index (χ4n) is 3.32. The third-order valence-corrected chi connectivity index (χ3v) is 4.60. The average molecular weight is 296 g/mol. The van der Waals surface area contributed by atoms with Gasteiger partial charge >= 0.3 is 0 Å². The normalized spacial score (nSPS) is 18.8. The van der Waals surface area contributed by atoms with E-state index in [1.165, 1.54) is 0 Å². The number of likely N-dealkylation sites (N-methyl/N-ethyl adjacent to an activating group) is 1. The molecule has 0 unspecified atom stereocenters. The van der Waals surface area contributed by atoms with Crippen molar-refractivity contribution in [3.8, 4) is 5.82 Å². The number of anilines is 1. The van der Waals surface area contributed by atoms with Crippen LogP contribution in [0.3, 0.4) is 0 Å². The minimum Gasteiger partial charge on any atom is -0.355 e. The Bertz CT molecular complexity index is 721. The molecule has 22 heavy (non-hydrogen) atoms. The zero-order valence-electron chi connectivity index (χ0n) is 12.8. The predicted molar refractivity (Wildman–Crippen MR) is 85.9 cm³/mol. The molecule has 0 radical (unpaired) electrons. The summed E-state index contributed by atoms with van der Waals surface area (Å²) in [5.41, 5.74) is 1.76. The standard InChI is InChI=1S/C17H20N4O/c1-19-7-3-8-20(11-10-19)16-6-5-13-12-15(22)14-4-2-9-21(14)17(13)18-16/h2,4-6,9H,3,7-8,10-12H2,1H3. The maximum Gasteiger partial charge on any atom is 0.184 e. The third-order valence-electron chi connectivity index (χ3n) is 4.60. The maximum absolute atomic E-state index is 12.1. The number of Topliss-reactive ketones (excluding diaryl/α,β-unsaturated/α-hetero) is 1. The molecule has 0 N–H and O–H groups in total. The summed E-state index contributed by atoms with van der Waals surface area (Å²) >= 11 is 0. The second-order valence-corrected chi connectivity index (χ2v) is 6.16. The van der Waals surface area contributed by atoms with E-state index in [1.807, 2.05) is 22.9 Å². The lowest BCUT2D eigenvalue weighted by molar-refractivity contribution is 0.0982. The molecule has 1 fully saturated rings. The highest BCUT2D eigenvalue weighted by atomic mass is 16.1. The summed E-state index contributed by atoms with van der Waals surface area (Å²) in [5.74, 6) is 2.10. The van der Waals surface area contributed by atoms with Crippen molar-refractivity contribution in [2.45, 2.75) is 12.8 Å². The van der Waals surface area contributed by atoms with Crippen LogP contribution in [0.15, 0.2) is 30.5 Å². The Hall–Kier alpha value is -2.14. The van der Waals surface area contributed by atoms with Gasteiger partial charge in [0.15, 0.2) is 5.78 Å². The number of nitrogens with zero attached hydrogens (tertiary/aromatic N) is 4. The molecule has 2 aromatic heterocycles. The number of ketones is 1. The lowest BCUT2D eigenvalue weighted by Gasteiger charge is -2.24. The van der Waals surface area contributed by atoms with Crippen LogP contribution in [0.4, 0.5) is 5.82 Å². The number of hydrogen-bond donors (Lipinski definition) is 0.